The van der Waals surface area contributed by atoms with Crippen molar-refractivity contribution in [2.24, 2.45) is 0 Å². The molecule has 5 heteroatoms. The van der Waals surface area contributed by atoms with Gasteiger partial charge in [0.25, 0.3) is 0 Å². The topological polar surface area (TPSA) is 36.9 Å². The fraction of sp³-hybridized carbons (Fsp3) is 1.00. The third-order valence-electron chi connectivity index (χ3n) is 7.11. The molecule has 0 aromatic rings. The second kappa shape index (κ2) is 31.3. The van der Waals surface area contributed by atoms with Gasteiger partial charge in [0.1, 0.15) is 0 Å². The molecule has 0 radical (unpaired) electrons. The molecule has 0 saturated carbocycles. The van der Waals surface area contributed by atoms with E-state index in [0.717, 1.165) is 52.1 Å². The van der Waals surface area contributed by atoms with E-state index in [0.29, 0.717) is 0 Å². The molecule has 0 spiro atoms. The van der Waals surface area contributed by atoms with Crippen molar-refractivity contribution >= 4 is 23.0 Å². The van der Waals surface area contributed by atoms with E-state index in [4.69, 9.17) is 10.7 Å². The van der Waals surface area contributed by atoms with E-state index in [1.807, 2.05) is 0 Å². The monoisotopic (exact) mass is 724 g/mol. The minimum absolute atomic E-state index is 0.733. The van der Waals surface area contributed by atoms with E-state index in [-0.39, 0.29) is 0 Å². The summed E-state index contributed by atoms with van der Waals surface area (Å²) in [7, 11) is 0. The van der Waals surface area contributed by atoms with E-state index < -0.39 is 23.0 Å². The molecule has 0 fully saturated rings. The summed E-state index contributed by atoms with van der Waals surface area (Å²) >= 11 is -4.16. The Morgan fingerprint density at radius 2 is 0.459 bits per heavy atom. The molecule has 0 aliphatic rings. The molecular weight excluding hydrogens is 656 g/mol. The van der Waals surface area contributed by atoms with Crippen molar-refractivity contribution in [2.75, 3.05) is 26.4 Å². The zero-order valence-corrected chi connectivity index (χ0v) is 29.8. The molecule has 0 amide bonds. The van der Waals surface area contributed by atoms with Crippen LogP contribution < -0.4 is 0 Å². The first-order chi connectivity index (χ1) is 18.2. The molecule has 0 rings (SSSR count). The summed E-state index contributed by atoms with van der Waals surface area (Å²) in [5, 5.41) is 0. The zero-order chi connectivity index (χ0) is 27.1. The normalized spacial score (nSPS) is 12.0. The van der Waals surface area contributed by atoms with Crippen LogP contribution in [0, 0.1) is 0 Å². The molecule has 0 aromatic carbocycles. The van der Waals surface area contributed by atoms with Crippen molar-refractivity contribution in [1.29, 1.82) is 0 Å². The first-order valence-corrected chi connectivity index (χ1v) is 23.1. The van der Waals surface area contributed by atoms with Crippen LogP contribution in [0.25, 0.3) is 0 Å². The first-order valence-electron chi connectivity index (χ1n) is 16.8. The Bertz CT molecular complexity index is 344. The van der Waals surface area contributed by atoms with Crippen molar-refractivity contribution < 1.29 is 10.7 Å². The van der Waals surface area contributed by atoms with Crippen LogP contribution in [-0.4, -0.2) is 49.4 Å². The number of rotatable bonds is 32. The standard InChI is InChI=1S/4C8H17O.Pb/c4*1-2-3-4-5-6-7-8-9;/h4*2-8H2,1H3;/q4*-1;+4. The summed E-state index contributed by atoms with van der Waals surface area (Å²) in [5.41, 5.74) is 0. The number of hydrogen-bond donors (Lipinski definition) is 0. The Labute approximate surface area is 241 Å². The molecule has 0 N–H and O–H groups in total. The van der Waals surface area contributed by atoms with E-state index in [1.54, 1.807) is 0 Å². The van der Waals surface area contributed by atoms with Gasteiger partial charge in [0.05, 0.1) is 0 Å². The molecule has 37 heavy (non-hydrogen) atoms. The predicted molar refractivity (Wildman–Crippen MR) is 163 cm³/mol. The average Bonchev–Trinajstić information content (AvgIpc) is 2.91. The van der Waals surface area contributed by atoms with E-state index in [2.05, 4.69) is 27.7 Å². The van der Waals surface area contributed by atoms with Crippen LogP contribution in [-0.2, 0) is 10.7 Å². The van der Waals surface area contributed by atoms with Crippen LogP contribution in [0.2, 0.25) is 0 Å². The fourth-order valence-electron chi connectivity index (χ4n) is 4.57. The van der Waals surface area contributed by atoms with Gasteiger partial charge in [-0.25, -0.2) is 0 Å². The maximum absolute atomic E-state index is 6.53. The van der Waals surface area contributed by atoms with Gasteiger partial charge in [0.15, 0.2) is 0 Å². The molecule has 0 saturated heterocycles. The van der Waals surface area contributed by atoms with Crippen molar-refractivity contribution in [2.45, 2.75) is 182 Å². The summed E-state index contributed by atoms with van der Waals surface area (Å²) in [5.74, 6) is 0. The summed E-state index contributed by atoms with van der Waals surface area (Å²) in [6.07, 6.45) is 30.4. The Hall–Kier alpha value is 0.762. The van der Waals surface area contributed by atoms with Gasteiger partial charge in [0.2, 0.25) is 0 Å². The summed E-state index contributed by atoms with van der Waals surface area (Å²) in [6, 6.07) is 0. The van der Waals surface area contributed by atoms with Gasteiger partial charge in [-0.2, -0.15) is 0 Å². The van der Waals surface area contributed by atoms with Crippen molar-refractivity contribution in [3.05, 3.63) is 0 Å². The van der Waals surface area contributed by atoms with Crippen LogP contribution in [0.1, 0.15) is 182 Å². The van der Waals surface area contributed by atoms with Crippen LogP contribution in [0.15, 0.2) is 0 Å². The second-order valence-electron chi connectivity index (χ2n) is 11.0. The quantitative estimate of drug-likeness (QED) is 0.0512. The van der Waals surface area contributed by atoms with Gasteiger partial charge in [-0.15, -0.1) is 0 Å². The predicted octanol–water partition coefficient (Wildman–Crippen LogP) is 10.9. The van der Waals surface area contributed by atoms with Gasteiger partial charge in [0, 0.05) is 0 Å². The average molecular weight is 724 g/mol. The van der Waals surface area contributed by atoms with Crippen molar-refractivity contribution in [1.82, 2.24) is 0 Å². The van der Waals surface area contributed by atoms with Crippen LogP contribution in [0.5, 0.6) is 0 Å². The summed E-state index contributed by atoms with van der Waals surface area (Å²) in [4.78, 5) is 0. The van der Waals surface area contributed by atoms with Crippen LogP contribution >= 0.6 is 0 Å². The maximum atomic E-state index is 6.53. The van der Waals surface area contributed by atoms with Gasteiger partial charge < -0.3 is 0 Å². The summed E-state index contributed by atoms with van der Waals surface area (Å²) < 4.78 is 26.1. The Morgan fingerprint density at radius 3 is 0.676 bits per heavy atom. The fourth-order valence-corrected chi connectivity index (χ4v) is 12.6. The molecule has 4 nitrogen and oxygen atoms in total. The molecule has 0 aliphatic carbocycles. The third kappa shape index (κ3) is 26.7. The summed E-state index contributed by atoms with van der Waals surface area (Å²) in [6.45, 7) is 12.0. The number of unbranched alkanes of at least 4 members (excludes halogenated alkanes) is 20. The molecule has 0 unspecified atom stereocenters. The second-order valence-corrected chi connectivity index (χ2v) is 19.3. The van der Waals surface area contributed by atoms with E-state index in [9.17, 15) is 0 Å². The van der Waals surface area contributed by atoms with Crippen LogP contribution in [0.4, 0.5) is 0 Å². The zero-order valence-electron chi connectivity index (χ0n) is 25.9. The molecule has 0 aromatic heterocycles. The van der Waals surface area contributed by atoms with Gasteiger partial charge in [-0.1, -0.05) is 0 Å². The molecule has 0 heterocycles. The van der Waals surface area contributed by atoms with Crippen molar-refractivity contribution in [3.63, 3.8) is 0 Å². The molecule has 0 aliphatic heterocycles. The van der Waals surface area contributed by atoms with Gasteiger partial charge >= 0.3 is 242 Å². The molecular formula is C32H68O4Pb. The molecule has 0 bridgehead atoms. The van der Waals surface area contributed by atoms with E-state index >= 15 is 0 Å². The Kier molecular flexibility index (Phi) is 31.9. The Morgan fingerprint density at radius 1 is 0.270 bits per heavy atom. The van der Waals surface area contributed by atoms with Gasteiger partial charge in [-0.3, -0.25) is 0 Å². The van der Waals surface area contributed by atoms with Crippen LogP contribution in [0.3, 0.4) is 0 Å². The third-order valence-corrected chi connectivity index (χ3v) is 15.8. The van der Waals surface area contributed by atoms with Crippen molar-refractivity contribution in [3.8, 4) is 0 Å². The SMILES string of the molecule is CCCCCCCC[O][Pb]([O]CCCCCCCC)([O]CCCCCCCC)[O]CCCCCCCC. The molecule has 0 atom stereocenters. The Balaban J connectivity index is 4.78. The first kappa shape index (κ1) is 37.8. The number of hydrogen-bond acceptors (Lipinski definition) is 4. The van der Waals surface area contributed by atoms with E-state index in [1.165, 1.54) is 128 Å². The molecule has 224 valence electrons. The minimum atomic E-state index is -4.16. The van der Waals surface area contributed by atoms with Gasteiger partial charge in [-0.05, 0) is 0 Å².